The van der Waals surface area contributed by atoms with Crippen molar-refractivity contribution in [3.8, 4) is 0 Å². The number of nitrogens with zero attached hydrogens (tertiary/aromatic N) is 3. The van der Waals surface area contributed by atoms with Crippen molar-refractivity contribution in [3.63, 3.8) is 0 Å². The smallest absolute Gasteiger partial charge is 0.133 e. The number of imidazole rings is 1. The molecule has 0 saturated carbocycles. The van der Waals surface area contributed by atoms with Crippen LogP contribution in [0.25, 0.3) is 5.52 Å². The largest absolute Gasteiger partial charge is 0.469 e. The minimum Gasteiger partial charge on any atom is -0.469 e. The van der Waals surface area contributed by atoms with Crippen LogP contribution in [-0.4, -0.2) is 14.4 Å². The molecule has 3 heterocycles. The van der Waals surface area contributed by atoms with E-state index in [0.717, 1.165) is 34.5 Å². The van der Waals surface area contributed by atoms with E-state index in [0.29, 0.717) is 0 Å². The third-order valence-electron chi connectivity index (χ3n) is 2.65. The summed E-state index contributed by atoms with van der Waals surface area (Å²) in [5, 5.41) is 0. The first-order valence-corrected chi connectivity index (χ1v) is 6.13. The molecule has 3 aromatic heterocycles. The van der Waals surface area contributed by atoms with Gasteiger partial charge in [0.05, 0.1) is 18.0 Å². The Bertz CT molecular complexity index is 630. The number of furan rings is 1. The fourth-order valence-corrected chi connectivity index (χ4v) is 2.33. The highest BCUT2D eigenvalue weighted by Crippen LogP contribution is 2.18. The zero-order valence-electron chi connectivity index (χ0n) is 9.01. The SMILES string of the molecule is Brc1nc(CCc2ccco2)n2ccncc12. The predicted octanol–water partition coefficient (Wildman–Crippen LogP) is 2.87. The third kappa shape index (κ3) is 1.98. The van der Waals surface area contributed by atoms with Gasteiger partial charge in [0.25, 0.3) is 0 Å². The number of rotatable bonds is 3. The van der Waals surface area contributed by atoms with Gasteiger partial charge in [-0.2, -0.15) is 0 Å². The molecule has 0 aromatic carbocycles. The molecule has 86 valence electrons. The van der Waals surface area contributed by atoms with Crippen molar-refractivity contribution in [2.75, 3.05) is 0 Å². The summed E-state index contributed by atoms with van der Waals surface area (Å²) in [5.41, 5.74) is 0.988. The fraction of sp³-hybridized carbons (Fsp3) is 0.167. The van der Waals surface area contributed by atoms with Gasteiger partial charge in [-0.1, -0.05) is 0 Å². The monoisotopic (exact) mass is 291 g/mol. The summed E-state index contributed by atoms with van der Waals surface area (Å²) in [4.78, 5) is 8.57. The van der Waals surface area contributed by atoms with Gasteiger partial charge in [0.2, 0.25) is 0 Å². The third-order valence-corrected chi connectivity index (χ3v) is 3.23. The summed E-state index contributed by atoms with van der Waals surface area (Å²) >= 11 is 3.44. The van der Waals surface area contributed by atoms with Crippen molar-refractivity contribution >= 4 is 21.4 Å². The standard InChI is InChI=1S/C12H10BrN3O/c13-12-10-8-14-5-6-16(10)11(15-12)4-3-9-2-1-7-17-9/h1-2,5-8H,3-4H2. The van der Waals surface area contributed by atoms with Gasteiger partial charge >= 0.3 is 0 Å². The van der Waals surface area contributed by atoms with Crippen LogP contribution in [0.5, 0.6) is 0 Å². The molecule has 4 nitrogen and oxygen atoms in total. The topological polar surface area (TPSA) is 43.3 Å². The summed E-state index contributed by atoms with van der Waals surface area (Å²) in [6, 6.07) is 3.88. The Hall–Kier alpha value is -1.62. The Kier molecular flexibility index (Phi) is 2.68. The van der Waals surface area contributed by atoms with E-state index in [1.807, 2.05) is 22.7 Å². The average molecular weight is 292 g/mol. The second-order valence-corrected chi connectivity index (χ2v) is 4.48. The van der Waals surface area contributed by atoms with Crippen LogP contribution in [0.15, 0.2) is 46.0 Å². The van der Waals surface area contributed by atoms with Crippen molar-refractivity contribution in [1.29, 1.82) is 0 Å². The molecule has 0 aliphatic carbocycles. The zero-order chi connectivity index (χ0) is 11.7. The molecule has 17 heavy (non-hydrogen) atoms. The van der Waals surface area contributed by atoms with Gasteiger partial charge < -0.3 is 4.42 Å². The maximum Gasteiger partial charge on any atom is 0.133 e. The Labute approximate surface area is 106 Å². The second-order valence-electron chi connectivity index (χ2n) is 3.73. The van der Waals surface area contributed by atoms with E-state index in [9.17, 15) is 0 Å². The summed E-state index contributed by atoms with van der Waals surface area (Å²) in [6.45, 7) is 0. The van der Waals surface area contributed by atoms with Crippen LogP contribution in [0, 0.1) is 0 Å². The molecule has 0 bridgehead atoms. The zero-order valence-corrected chi connectivity index (χ0v) is 10.6. The van der Waals surface area contributed by atoms with Crippen LogP contribution >= 0.6 is 15.9 Å². The van der Waals surface area contributed by atoms with Gasteiger partial charge in [0.1, 0.15) is 16.2 Å². The number of hydrogen-bond acceptors (Lipinski definition) is 3. The molecule has 0 N–H and O–H groups in total. The molecule has 0 aliphatic rings. The molecule has 0 amide bonds. The van der Waals surface area contributed by atoms with Crippen molar-refractivity contribution in [3.05, 3.63) is 53.2 Å². The van der Waals surface area contributed by atoms with E-state index in [-0.39, 0.29) is 0 Å². The van der Waals surface area contributed by atoms with E-state index < -0.39 is 0 Å². The lowest BCUT2D eigenvalue weighted by Gasteiger charge is -1.98. The minimum atomic E-state index is 0.833. The first-order chi connectivity index (χ1) is 8.34. The van der Waals surface area contributed by atoms with Crippen LogP contribution in [0.1, 0.15) is 11.6 Å². The highest BCUT2D eigenvalue weighted by atomic mass is 79.9. The van der Waals surface area contributed by atoms with Crippen LogP contribution in [0.3, 0.4) is 0 Å². The molecule has 0 saturated heterocycles. The molecular weight excluding hydrogens is 282 g/mol. The van der Waals surface area contributed by atoms with Crippen molar-refractivity contribution in [2.24, 2.45) is 0 Å². The number of halogens is 1. The lowest BCUT2D eigenvalue weighted by Crippen LogP contribution is -1.97. The van der Waals surface area contributed by atoms with E-state index in [1.165, 1.54) is 0 Å². The molecule has 0 fully saturated rings. The first-order valence-electron chi connectivity index (χ1n) is 5.33. The maximum absolute atomic E-state index is 5.31. The van der Waals surface area contributed by atoms with Crippen LogP contribution in [0.2, 0.25) is 0 Å². The molecular formula is C12H10BrN3O. The Morgan fingerprint density at radius 3 is 3.12 bits per heavy atom. The molecule has 0 atom stereocenters. The maximum atomic E-state index is 5.31. The van der Waals surface area contributed by atoms with Gasteiger partial charge in [-0.05, 0) is 28.1 Å². The first kappa shape index (κ1) is 10.5. The van der Waals surface area contributed by atoms with E-state index in [2.05, 4.69) is 25.9 Å². The van der Waals surface area contributed by atoms with Crippen molar-refractivity contribution in [2.45, 2.75) is 12.8 Å². The molecule has 3 aromatic rings. The Morgan fingerprint density at radius 2 is 2.29 bits per heavy atom. The van der Waals surface area contributed by atoms with Gasteiger partial charge in [0.15, 0.2) is 0 Å². The number of aromatic nitrogens is 3. The molecule has 0 unspecified atom stereocenters. The predicted molar refractivity (Wildman–Crippen MR) is 66.8 cm³/mol. The highest BCUT2D eigenvalue weighted by molar-refractivity contribution is 9.10. The van der Waals surface area contributed by atoms with Gasteiger partial charge in [-0.25, -0.2) is 4.98 Å². The molecule has 0 radical (unpaired) electrons. The quantitative estimate of drug-likeness (QED) is 0.745. The lowest BCUT2D eigenvalue weighted by molar-refractivity contribution is 0.506. The summed E-state index contributed by atoms with van der Waals surface area (Å²) in [6.07, 6.45) is 8.86. The molecule has 3 rings (SSSR count). The number of hydrogen-bond donors (Lipinski definition) is 0. The fourth-order valence-electron chi connectivity index (χ4n) is 1.83. The number of aryl methyl sites for hydroxylation is 2. The summed E-state index contributed by atoms with van der Waals surface area (Å²) in [7, 11) is 0. The Balaban J connectivity index is 1.90. The summed E-state index contributed by atoms with van der Waals surface area (Å²) < 4.78 is 8.19. The normalized spacial score (nSPS) is 11.1. The van der Waals surface area contributed by atoms with E-state index in [4.69, 9.17) is 4.42 Å². The van der Waals surface area contributed by atoms with Crippen molar-refractivity contribution in [1.82, 2.24) is 14.4 Å². The van der Waals surface area contributed by atoms with E-state index >= 15 is 0 Å². The molecule has 0 spiro atoms. The van der Waals surface area contributed by atoms with Gasteiger partial charge in [0, 0.05) is 25.2 Å². The van der Waals surface area contributed by atoms with Crippen LogP contribution in [-0.2, 0) is 12.8 Å². The van der Waals surface area contributed by atoms with Gasteiger partial charge in [-0.3, -0.25) is 9.38 Å². The van der Waals surface area contributed by atoms with E-state index in [1.54, 1.807) is 18.7 Å². The summed E-state index contributed by atoms with van der Waals surface area (Å²) in [5.74, 6) is 1.98. The molecule has 0 aliphatic heterocycles. The highest BCUT2D eigenvalue weighted by Gasteiger charge is 2.09. The minimum absolute atomic E-state index is 0.833. The number of fused-ring (bicyclic) bond motifs is 1. The lowest BCUT2D eigenvalue weighted by atomic mass is 10.2. The van der Waals surface area contributed by atoms with Crippen LogP contribution in [0.4, 0.5) is 0 Å². The van der Waals surface area contributed by atoms with Crippen LogP contribution < -0.4 is 0 Å². The molecule has 5 heteroatoms. The average Bonchev–Trinajstić information content (AvgIpc) is 2.96. The Morgan fingerprint density at radius 1 is 1.35 bits per heavy atom. The van der Waals surface area contributed by atoms with Crippen molar-refractivity contribution < 1.29 is 4.42 Å². The second kappa shape index (κ2) is 4.33. The van der Waals surface area contributed by atoms with Gasteiger partial charge in [-0.15, -0.1) is 0 Å².